The number of benzene rings is 2. The van der Waals surface area contributed by atoms with Gasteiger partial charge in [-0.25, -0.2) is 8.78 Å². The zero-order valence-electron chi connectivity index (χ0n) is 17.8. The highest BCUT2D eigenvalue weighted by Crippen LogP contribution is 2.39. The second-order valence-electron chi connectivity index (χ2n) is 8.72. The van der Waals surface area contributed by atoms with E-state index in [9.17, 15) is 18.3 Å². The maximum absolute atomic E-state index is 14.4. The maximum Gasteiger partial charge on any atom is 0.200 e. The van der Waals surface area contributed by atoms with Crippen LogP contribution >= 0.6 is 0 Å². The van der Waals surface area contributed by atoms with Gasteiger partial charge in [-0.15, -0.1) is 0 Å². The van der Waals surface area contributed by atoms with E-state index in [1.165, 1.54) is 12.1 Å². The van der Waals surface area contributed by atoms with E-state index in [4.69, 9.17) is 9.47 Å². The van der Waals surface area contributed by atoms with Gasteiger partial charge < -0.3 is 14.6 Å². The molecule has 2 aromatic carbocycles. The Labute approximate surface area is 181 Å². The molecule has 2 fully saturated rings. The lowest BCUT2D eigenvalue weighted by Crippen LogP contribution is -2.20. The van der Waals surface area contributed by atoms with Crippen LogP contribution in [0.5, 0.6) is 5.75 Å². The molecule has 1 heterocycles. The Bertz CT molecular complexity index is 905. The summed E-state index contributed by atoms with van der Waals surface area (Å²) in [5.74, 6) is -1.86. The molecule has 1 aliphatic carbocycles. The van der Waals surface area contributed by atoms with E-state index in [-0.39, 0.29) is 29.2 Å². The summed E-state index contributed by atoms with van der Waals surface area (Å²) < 4.78 is 53.7. The van der Waals surface area contributed by atoms with Gasteiger partial charge in [0, 0.05) is 11.1 Å². The first-order valence-corrected chi connectivity index (χ1v) is 11.2. The monoisotopic (exact) mass is 434 g/mol. The molecule has 1 aliphatic heterocycles. The van der Waals surface area contributed by atoms with Crippen molar-refractivity contribution in [2.24, 2.45) is 5.92 Å². The van der Waals surface area contributed by atoms with Gasteiger partial charge in [0.25, 0.3) is 0 Å². The lowest BCUT2D eigenvalue weighted by molar-refractivity contribution is 0.159. The van der Waals surface area contributed by atoms with Crippen LogP contribution in [0, 0.1) is 23.4 Å². The Hall–Kier alpha value is -2.05. The number of hydrogen-bond donors (Lipinski definition) is 1. The predicted molar refractivity (Wildman–Crippen MR) is 112 cm³/mol. The molecule has 168 valence electrons. The number of aliphatic hydroxyl groups is 1. The van der Waals surface area contributed by atoms with Gasteiger partial charge in [0.15, 0.2) is 11.6 Å². The summed E-state index contributed by atoms with van der Waals surface area (Å²) in [5, 5.41) is 9.95. The van der Waals surface area contributed by atoms with Crippen LogP contribution in [0.15, 0.2) is 30.3 Å². The zero-order valence-corrected chi connectivity index (χ0v) is 17.8. The van der Waals surface area contributed by atoms with E-state index in [1.807, 2.05) is 19.1 Å². The van der Waals surface area contributed by atoms with E-state index in [0.717, 1.165) is 31.2 Å². The molecular weight excluding hydrogens is 405 g/mol. The average molecular weight is 434 g/mol. The van der Waals surface area contributed by atoms with Crippen LogP contribution in [-0.4, -0.2) is 18.3 Å². The lowest BCUT2D eigenvalue weighted by Gasteiger charge is -2.29. The van der Waals surface area contributed by atoms with Gasteiger partial charge in [0.05, 0.1) is 19.3 Å². The highest BCUT2D eigenvalue weighted by Gasteiger charge is 2.29. The van der Waals surface area contributed by atoms with Crippen LogP contribution in [0.2, 0.25) is 0 Å². The second kappa shape index (κ2) is 9.61. The van der Waals surface area contributed by atoms with Gasteiger partial charge in [-0.3, -0.25) is 0 Å². The largest absolute Gasteiger partial charge is 0.490 e. The van der Waals surface area contributed by atoms with Crippen molar-refractivity contribution in [1.29, 1.82) is 0 Å². The van der Waals surface area contributed by atoms with Gasteiger partial charge in [-0.2, -0.15) is 4.39 Å². The van der Waals surface area contributed by atoms with E-state index in [0.29, 0.717) is 37.5 Å². The number of halogens is 3. The summed E-state index contributed by atoms with van der Waals surface area (Å²) >= 11 is 0. The Morgan fingerprint density at radius 2 is 1.81 bits per heavy atom. The quantitative estimate of drug-likeness (QED) is 0.492. The molecule has 0 spiro atoms. The predicted octanol–water partition coefficient (Wildman–Crippen LogP) is 6.36. The molecule has 1 saturated heterocycles. The minimum absolute atomic E-state index is 0.0290. The molecule has 4 rings (SSSR count). The van der Waals surface area contributed by atoms with Crippen LogP contribution in [0.3, 0.4) is 0 Å². The fraction of sp³-hybridized carbons (Fsp3) is 0.520. The Morgan fingerprint density at radius 3 is 2.45 bits per heavy atom. The third kappa shape index (κ3) is 5.07. The Balaban J connectivity index is 1.30. The number of hydrogen-bond acceptors (Lipinski definition) is 3. The number of epoxide rings is 1. The zero-order chi connectivity index (χ0) is 22.0. The molecule has 1 N–H and O–H groups in total. The minimum atomic E-state index is -1.04. The molecule has 0 radical (unpaired) electrons. The van der Waals surface area contributed by atoms with E-state index in [2.05, 4.69) is 0 Å². The standard InChI is InChI=1S/C25H29F3O3/c1-2-3-21(29)19-10-11-22(25(28)24(19)27)30-13-15-4-6-16(7-5-15)17-8-9-18(20(26)12-17)23-14-31-23/h8-12,15-16,21,23,29H,2-7,13-14H2,1H3. The van der Waals surface area contributed by atoms with Gasteiger partial charge in [0.1, 0.15) is 11.9 Å². The van der Waals surface area contributed by atoms with Crippen molar-refractivity contribution < 1.29 is 27.8 Å². The third-order valence-electron chi connectivity index (χ3n) is 6.50. The molecule has 2 atom stereocenters. The number of ether oxygens (including phenoxy) is 2. The van der Waals surface area contributed by atoms with Gasteiger partial charge in [-0.05, 0) is 67.7 Å². The fourth-order valence-electron chi connectivity index (χ4n) is 4.50. The van der Waals surface area contributed by atoms with Crippen molar-refractivity contribution in [2.75, 3.05) is 13.2 Å². The topological polar surface area (TPSA) is 42.0 Å². The molecule has 31 heavy (non-hydrogen) atoms. The van der Waals surface area contributed by atoms with Crippen molar-refractivity contribution in [3.63, 3.8) is 0 Å². The molecular formula is C25H29F3O3. The summed E-state index contributed by atoms with van der Waals surface area (Å²) in [6.45, 7) is 2.78. The smallest absolute Gasteiger partial charge is 0.200 e. The summed E-state index contributed by atoms with van der Waals surface area (Å²) in [5.41, 5.74) is 1.61. The molecule has 0 aromatic heterocycles. The van der Waals surface area contributed by atoms with Crippen molar-refractivity contribution in [2.45, 2.75) is 63.6 Å². The van der Waals surface area contributed by atoms with E-state index < -0.39 is 17.7 Å². The molecule has 2 aliphatic rings. The minimum Gasteiger partial charge on any atom is -0.490 e. The molecule has 0 amide bonds. The van der Waals surface area contributed by atoms with Crippen LogP contribution < -0.4 is 4.74 Å². The first-order chi connectivity index (χ1) is 15.0. The maximum atomic E-state index is 14.4. The van der Waals surface area contributed by atoms with Gasteiger partial charge in [0.2, 0.25) is 5.82 Å². The molecule has 6 heteroatoms. The Morgan fingerprint density at radius 1 is 1.06 bits per heavy atom. The van der Waals surface area contributed by atoms with Crippen molar-refractivity contribution in [3.05, 3.63) is 64.5 Å². The molecule has 2 unspecified atom stereocenters. The number of rotatable bonds is 8. The number of aliphatic hydroxyl groups excluding tert-OH is 1. The summed E-state index contributed by atoms with van der Waals surface area (Å²) in [4.78, 5) is 0. The van der Waals surface area contributed by atoms with Crippen molar-refractivity contribution in [3.8, 4) is 5.75 Å². The van der Waals surface area contributed by atoms with Crippen molar-refractivity contribution >= 4 is 0 Å². The molecule has 0 bridgehead atoms. The molecule has 3 nitrogen and oxygen atoms in total. The van der Waals surface area contributed by atoms with E-state index in [1.54, 1.807) is 6.07 Å². The highest BCUT2D eigenvalue weighted by atomic mass is 19.2. The highest BCUT2D eigenvalue weighted by molar-refractivity contribution is 5.32. The Kier molecular flexibility index (Phi) is 6.87. The average Bonchev–Trinajstić information content (AvgIpc) is 3.60. The molecule has 2 aromatic rings. The first kappa shape index (κ1) is 22.2. The summed E-state index contributed by atoms with van der Waals surface area (Å²) in [6, 6.07) is 8.25. The van der Waals surface area contributed by atoms with Crippen molar-refractivity contribution in [1.82, 2.24) is 0 Å². The van der Waals surface area contributed by atoms with E-state index >= 15 is 0 Å². The lowest BCUT2D eigenvalue weighted by atomic mass is 9.79. The van der Waals surface area contributed by atoms with Gasteiger partial charge in [-0.1, -0.05) is 25.5 Å². The first-order valence-electron chi connectivity index (χ1n) is 11.2. The van der Waals surface area contributed by atoms with Gasteiger partial charge >= 0.3 is 0 Å². The summed E-state index contributed by atoms with van der Waals surface area (Å²) in [6.07, 6.45) is 3.54. The molecule has 1 saturated carbocycles. The van der Waals surface area contributed by atoms with Crippen LogP contribution in [0.1, 0.15) is 80.3 Å². The SMILES string of the molecule is CCCC(O)c1ccc(OCC2CCC(c3ccc(C4CO4)c(F)c3)CC2)c(F)c1F. The van der Waals surface area contributed by atoms with Crippen LogP contribution in [-0.2, 0) is 4.74 Å². The fourth-order valence-corrected chi connectivity index (χ4v) is 4.50. The summed E-state index contributed by atoms with van der Waals surface area (Å²) in [7, 11) is 0. The second-order valence-corrected chi connectivity index (χ2v) is 8.72. The normalized spacial score (nSPS) is 24.1. The third-order valence-corrected chi connectivity index (χ3v) is 6.50. The van der Waals surface area contributed by atoms with Crippen LogP contribution in [0.4, 0.5) is 13.2 Å². The van der Waals surface area contributed by atoms with Crippen LogP contribution in [0.25, 0.3) is 0 Å².